The molecule has 0 unspecified atom stereocenters. The fraction of sp³-hybridized carbons (Fsp3) is 0.348. The van der Waals surface area contributed by atoms with Crippen LogP contribution in [0.4, 0.5) is 11.6 Å². The number of nitrogens with one attached hydrogen (secondary N) is 1. The van der Waals surface area contributed by atoms with E-state index in [4.69, 9.17) is 0 Å². The van der Waals surface area contributed by atoms with E-state index >= 15 is 0 Å². The van der Waals surface area contributed by atoms with E-state index in [9.17, 15) is 0 Å². The van der Waals surface area contributed by atoms with Crippen LogP contribution in [0.5, 0.6) is 0 Å². The lowest BCUT2D eigenvalue weighted by molar-refractivity contribution is 0.402. The Hall–Kier alpha value is -2.95. The first-order valence-corrected chi connectivity index (χ1v) is 10.0. The minimum atomic E-state index is 0.711. The Kier molecular flexibility index (Phi) is 5.80. The molecular formula is C23H27N5. The van der Waals surface area contributed by atoms with Gasteiger partial charge < -0.3 is 10.2 Å². The lowest BCUT2D eigenvalue weighted by Crippen LogP contribution is -2.35. The monoisotopic (exact) mass is 373 g/mol. The number of anilines is 2. The van der Waals surface area contributed by atoms with Gasteiger partial charge in [0.25, 0.3) is 0 Å². The third-order valence-corrected chi connectivity index (χ3v) is 5.33. The van der Waals surface area contributed by atoms with Crippen LogP contribution >= 0.6 is 0 Å². The summed E-state index contributed by atoms with van der Waals surface area (Å²) in [7, 11) is 0. The van der Waals surface area contributed by atoms with Gasteiger partial charge in [0.15, 0.2) is 0 Å². The Morgan fingerprint density at radius 3 is 2.54 bits per heavy atom. The molecule has 1 fully saturated rings. The summed E-state index contributed by atoms with van der Waals surface area (Å²) in [6.07, 6.45) is 7.25. The van der Waals surface area contributed by atoms with Gasteiger partial charge in [-0.2, -0.15) is 0 Å². The average molecular weight is 374 g/mol. The quantitative estimate of drug-likeness (QED) is 0.700. The van der Waals surface area contributed by atoms with Crippen LogP contribution in [0.2, 0.25) is 0 Å². The van der Waals surface area contributed by atoms with Crippen LogP contribution in [0, 0.1) is 12.8 Å². The Morgan fingerprint density at radius 1 is 1.00 bits per heavy atom. The highest BCUT2D eigenvalue weighted by molar-refractivity contribution is 5.50. The molecular weight excluding hydrogens is 346 g/mol. The van der Waals surface area contributed by atoms with E-state index in [0.29, 0.717) is 6.54 Å². The van der Waals surface area contributed by atoms with Gasteiger partial charge in [0.05, 0.1) is 0 Å². The molecule has 0 spiro atoms. The molecule has 4 rings (SSSR count). The van der Waals surface area contributed by atoms with Crippen molar-refractivity contribution in [1.82, 2.24) is 15.0 Å². The van der Waals surface area contributed by atoms with Gasteiger partial charge in [-0.25, -0.2) is 9.97 Å². The molecule has 1 aromatic carbocycles. The lowest BCUT2D eigenvalue weighted by atomic mass is 9.90. The maximum Gasteiger partial charge on any atom is 0.134 e. The summed E-state index contributed by atoms with van der Waals surface area (Å²) in [4.78, 5) is 15.8. The summed E-state index contributed by atoms with van der Waals surface area (Å²) in [6.45, 7) is 4.77. The number of benzene rings is 1. The molecule has 28 heavy (non-hydrogen) atoms. The molecule has 1 N–H and O–H groups in total. The number of nitrogens with zero attached hydrogens (tertiary/aromatic N) is 4. The number of hydrogen-bond donors (Lipinski definition) is 1. The van der Waals surface area contributed by atoms with Gasteiger partial charge in [0.1, 0.15) is 17.5 Å². The highest BCUT2D eigenvalue weighted by Crippen LogP contribution is 2.26. The molecule has 0 atom stereocenters. The molecule has 5 nitrogen and oxygen atoms in total. The molecule has 0 amide bonds. The van der Waals surface area contributed by atoms with Crippen molar-refractivity contribution in [3.63, 3.8) is 0 Å². The zero-order valence-corrected chi connectivity index (χ0v) is 16.4. The molecule has 1 aliphatic heterocycles. The fourth-order valence-corrected chi connectivity index (χ4v) is 3.81. The topological polar surface area (TPSA) is 53.9 Å². The van der Waals surface area contributed by atoms with Crippen LogP contribution < -0.4 is 10.2 Å². The molecule has 0 aliphatic carbocycles. The first kappa shape index (κ1) is 18.4. The number of aryl methyl sites for hydroxylation is 1. The first-order chi connectivity index (χ1) is 13.8. The predicted molar refractivity (Wildman–Crippen MR) is 113 cm³/mol. The summed E-state index contributed by atoms with van der Waals surface area (Å²) in [5.74, 6) is 3.46. The zero-order chi connectivity index (χ0) is 19.2. The second kappa shape index (κ2) is 8.83. The molecule has 2 aromatic heterocycles. The summed E-state index contributed by atoms with van der Waals surface area (Å²) in [6, 6.07) is 16.9. The summed E-state index contributed by atoms with van der Waals surface area (Å²) < 4.78 is 0. The van der Waals surface area contributed by atoms with E-state index in [2.05, 4.69) is 67.6 Å². The van der Waals surface area contributed by atoms with Crippen LogP contribution in [-0.2, 0) is 13.0 Å². The minimum absolute atomic E-state index is 0.711. The smallest absolute Gasteiger partial charge is 0.134 e. The van der Waals surface area contributed by atoms with Crippen LogP contribution in [-0.4, -0.2) is 28.0 Å². The number of rotatable bonds is 6. The first-order valence-electron chi connectivity index (χ1n) is 10.0. The van der Waals surface area contributed by atoms with Crippen molar-refractivity contribution in [3.05, 3.63) is 77.9 Å². The van der Waals surface area contributed by atoms with Crippen molar-refractivity contribution in [2.75, 3.05) is 23.3 Å². The van der Waals surface area contributed by atoms with Gasteiger partial charge in [0.2, 0.25) is 0 Å². The second-order valence-corrected chi connectivity index (χ2v) is 7.49. The maximum atomic E-state index is 4.68. The van der Waals surface area contributed by atoms with Crippen LogP contribution in [0.3, 0.4) is 0 Å². The predicted octanol–water partition coefficient (Wildman–Crippen LogP) is 4.25. The largest absolute Gasteiger partial charge is 0.366 e. The van der Waals surface area contributed by atoms with Crippen LogP contribution in [0.15, 0.2) is 60.9 Å². The third kappa shape index (κ3) is 4.85. The highest BCUT2D eigenvalue weighted by Gasteiger charge is 2.21. The van der Waals surface area contributed by atoms with Crippen LogP contribution in [0.1, 0.15) is 29.8 Å². The minimum Gasteiger partial charge on any atom is -0.366 e. The molecule has 1 saturated heterocycles. The SMILES string of the molecule is Cc1nc(NCc2cccnc2)cc(N2CCC(Cc3ccccc3)CC2)n1. The molecule has 3 heterocycles. The number of hydrogen-bond acceptors (Lipinski definition) is 5. The van der Waals surface area contributed by atoms with Crippen molar-refractivity contribution < 1.29 is 0 Å². The van der Waals surface area contributed by atoms with Gasteiger partial charge in [0, 0.05) is 38.1 Å². The van der Waals surface area contributed by atoms with Crippen molar-refractivity contribution in [3.8, 4) is 0 Å². The normalized spacial score (nSPS) is 14.8. The van der Waals surface area contributed by atoms with Gasteiger partial charge in [-0.15, -0.1) is 0 Å². The Labute approximate surface area is 166 Å². The molecule has 0 radical (unpaired) electrons. The lowest BCUT2D eigenvalue weighted by Gasteiger charge is -2.33. The Balaban J connectivity index is 1.36. The van der Waals surface area contributed by atoms with Crippen LogP contribution in [0.25, 0.3) is 0 Å². The van der Waals surface area contributed by atoms with Crippen molar-refractivity contribution in [1.29, 1.82) is 0 Å². The molecule has 1 aliphatic rings. The highest BCUT2D eigenvalue weighted by atomic mass is 15.2. The maximum absolute atomic E-state index is 4.68. The van der Waals surface area contributed by atoms with Crippen molar-refractivity contribution >= 4 is 11.6 Å². The molecule has 0 saturated carbocycles. The van der Waals surface area contributed by atoms with Crippen molar-refractivity contribution in [2.24, 2.45) is 5.92 Å². The number of aromatic nitrogens is 3. The van der Waals surface area contributed by atoms with E-state index in [-0.39, 0.29) is 0 Å². The molecule has 0 bridgehead atoms. The van der Waals surface area contributed by atoms with E-state index in [0.717, 1.165) is 42.0 Å². The van der Waals surface area contributed by atoms with Gasteiger partial charge >= 0.3 is 0 Å². The van der Waals surface area contributed by atoms with Gasteiger partial charge in [-0.3, -0.25) is 4.98 Å². The van der Waals surface area contributed by atoms with Gasteiger partial charge in [-0.1, -0.05) is 36.4 Å². The fourth-order valence-electron chi connectivity index (χ4n) is 3.81. The number of pyridine rings is 1. The van der Waals surface area contributed by atoms with Crippen molar-refractivity contribution in [2.45, 2.75) is 32.7 Å². The molecule has 5 heteroatoms. The average Bonchev–Trinajstić information content (AvgIpc) is 2.74. The Bertz CT molecular complexity index is 874. The third-order valence-electron chi connectivity index (χ3n) is 5.33. The second-order valence-electron chi connectivity index (χ2n) is 7.49. The molecule has 144 valence electrons. The van der Waals surface area contributed by atoms with Gasteiger partial charge in [-0.05, 0) is 49.3 Å². The standard InChI is InChI=1S/C23H27N5/c1-18-26-22(25-17-21-8-5-11-24-16-21)15-23(27-18)28-12-9-20(10-13-28)14-19-6-3-2-4-7-19/h2-8,11,15-16,20H,9-10,12-14,17H2,1H3,(H,25,26,27). The summed E-state index contributed by atoms with van der Waals surface area (Å²) >= 11 is 0. The van der Waals surface area contributed by atoms with E-state index in [1.54, 1.807) is 6.20 Å². The number of piperidine rings is 1. The summed E-state index contributed by atoms with van der Waals surface area (Å²) in [5.41, 5.74) is 2.59. The molecule has 3 aromatic rings. The van der Waals surface area contributed by atoms with E-state index in [1.165, 1.54) is 24.8 Å². The summed E-state index contributed by atoms with van der Waals surface area (Å²) in [5, 5.41) is 3.40. The zero-order valence-electron chi connectivity index (χ0n) is 16.4. The van der Waals surface area contributed by atoms with E-state index < -0.39 is 0 Å². The Morgan fingerprint density at radius 2 is 1.79 bits per heavy atom. The van der Waals surface area contributed by atoms with E-state index in [1.807, 2.05) is 19.2 Å².